The van der Waals surface area contributed by atoms with Crippen molar-refractivity contribution in [3.05, 3.63) is 47.8 Å². The second kappa shape index (κ2) is 5.97. The van der Waals surface area contributed by atoms with Crippen molar-refractivity contribution >= 4 is 0 Å². The molecular weight excluding hydrogens is 236 g/mol. The molecule has 2 aromatic rings. The van der Waals surface area contributed by atoms with Crippen LogP contribution in [0, 0.1) is 12.8 Å². The average Bonchev–Trinajstić information content (AvgIpc) is 2.81. The highest BCUT2D eigenvalue weighted by Crippen LogP contribution is 2.23. The van der Waals surface area contributed by atoms with E-state index >= 15 is 0 Å². The van der Waals surface area contributed by atoms with E-state index in [1.807, 2.05) is 24.9 Å². The highest BCUT2D eigenvalue weighted by atomic mass is 15.0. The van der Waals surface area contributed by atoms with Gasteiger partial charge in [-0.1, -0.05) is 13.8 Å². The quantitative estimate of drug-likeness (QED) is 0.895. The Balaban J connectivity index is 2.27. The Hall–Kier alpha value is -1.68. The zero-order valence-electron chi connectivity index (χ0n) is 11.9. The topological polar surface area (TPSA) is 56.7 Å². The molecule has 2 rings (SSSR count). The van der Waals surface area contributed by atoms with Crippen molar-refractivity contribution in [2.24, 2.45) is 11.7 Å². The number of aryl methyl sites for hydroxylation is 1. The number of imidazole rings is 1. The van der Waals surface area contributed by atoms with Crippen molar-refractivity contribution in [1.29, 1.82) is 0 Å². The number of hydrogen-bond acceptors (Lipinski definition) is 3. The lowest BCUT2D eigenvalue weighted by Crippen LogP contribution is -2.21. The summed E-state index contributed by atoms with van der Waals surface area (Å²) in [6.45, 7) is 7.96. The van der Waals surface area contributed by atoms with Gasteiger partial charge in [0.25, 0.3) is 0 Å². The summed E-state index contributed by atoms with van der Waals surface area (Å²) < 4.78 is 2.19. The molecular formula is C15H22N4. The number of rotatable bonds is 5. The molecule has 102 valence electrons. The Labute approximate surface area is 114 Å². The van der Waals surface area contributed by atoms with Gasteiger partial charge in [0.05, 0.1) is 6.33 Å². The van der Waals surface area contributed by atoms with Crippen LogP contribution in [-0.4, -0.2) is 21.1 Å². The van der Waals surface area contributed by atoms with E-state index in [-0.39, 0.29) is 0 Å². The van der Waals surface area contributed by atoms with Crippen molar-refractivity contribution in [3.63, 3.8) is 0 Å². The zero-order chi connectivity index (χ0) is 13.8. The van der Waals surface area contributed by atoms with Crippen LogP contribution in [0.4, 0.5) is 0 Å². The van der Waals surface area contributed by atoms with Gasteiger partial charge < -0.3 is 10.3 Å². The van der Waals surface area contributed by atoms with Crippen LogP contribution in [0.25, 0.3) is 0 Å². The van der Waals surface area contributed by atoms with Crippen molar-refractivity contribution in [1.82, 2.24) is 14.5 Å². The largest absolute Gasteiger partial charge is 0.330 e. The van der Waals surface area contributed by atoms with Gasteiger partial charge in [-0.25, -0.2) is 4.98 Å². The lowest BCUT2D eigenvalue weighted by Gasteiger charge is -2.21. The van der Waals surface area contributed by atoms with Crippen LogP contribution in [-0.2, 0) is 6.54 Å². The molecule has 19 heavy (non-hydrogen) atoms. The minimum Gasteiger partial charge on any atom is -0.330 e. The standard InChI is InChI=1S/C15H22N4/c1-11(2)14(6-16)15-8-18-10-19(15)9-13-4-5-17-7-12(13)3/h4-5,7-8,10-11,14H,6,9,16H2,1-3H3. The normalized spacial score (nSPS) is 12.9. The van der Waals surface area contributed by atoms with Gasteiger partial charge in [0.1, 0.15) is 0 Å². The molecule has 0 fully saturated rings. The van der Waals surface area contributed by atoms with Gasteiger partial charge >= 0.3 is 0 Å². The lowest BCUT2D eigenvalue weighted by atomic mass is 9.93. The molecule has 0 aromatic carbocycles. The van der Waals surface area contributed by atoms with E-state index in [1.54, 1.807) is 0 Å². The Morgan fingerprint density at radius 3 is 2.68 bits per heavy atom. The second-order valence-electron chi connectivity index (χ2n) is 5.33. The third kappa shape index (κ3) is 3.01. The summed E-state index contributed by atoms with van der Waals surface area (Å²) >= 11 is 0. The van der Waals surface area contributed by atoms with Crippen LogP contribution >= 0.6 is 0 Å². The van der Waals surface area contributed by atoms with Crippen molar-refractivity contribution in [3.8, 4) is 0 Å². The monoisotopic (exact) mass is 258 g/mol. The first-order chi connectivity index (χ1) is 9.13. The van der Waals surface area contributed by atoms with Crippen molar-refractivity contribution in [2.45, 2.75) is 33.2 Å². The molecule has 1 atom stereocenters. The molecule has 0 saturated carbocycles. The fourth-order valence-corrected chi connectivity index (χ4v) is 2.37. The van der Waals surface area contributed by atoms with E-state index in [0.29, 0.717) is 18.4 Å². The van der Waals surface area contributed by atoms with Crippen LogP contribution in [0.2, 0.25) is 0 Å². The summed E-state index contributed by atoms with van der Waals surface area (Å²) in [5.74, 6) is 0.864. The summed E-state index contributed by atoms with van der Waals surface area (Å²) in [5, 5.41) is 0. The van der Waals surface area contributed by atoms with E-state index in [4.69, 9.17) is 5.73 Å². The van der Waals surface area contributed by atoms with Gasteiger partial charge in [0.2, 0.25) is 0 Å². The van der Waals surface area contributed by atoms with Crippen LogP contribution in [0.15, 0.2) is 31.0 Å². The molecule has 2 N–H and O–H groups in total. The SMILES string of the molecule is Cc1cnccc1Cn1cncc1C(CN)C(C)C. The maximum Gasteiger partial charge on any atom is 0.0951 e. The van der Waals surface area contributed by atoms with E-state index in [0.717, 1.165) is 6.54 Å². The van der Waals surface area contributed by atoms with Crippen LogP contribution in [0.1, 0.15) is 36.6 Å². The highest BCUT2D eigenvalue weighted by molar-refractivity contribution is 5.23. The molecule has 1 unspecified atom stereocenters. The number of pyridine rings is 1. The molecule has 4 nitrogen and oxygen atoms in total. The van der Waals surface area contributed by atoms with E-state index in [9.17, 15) is 0 Å². The Morgan fingerprint density at radius 1 is 1.26 bits per heavy atom. The number of hydrogen-bond donors (Lipinski definition) is 1. The maximum absolute atomic E-state index is 5.91. The van der Waals surface area contributed by atoms with E-state index < -0.39 is 0 Å². The third-order valence-electron chi connectivity index (χ3n) is 3.66. The molecule has 0 amide bonds. The molecule has 0 aliphatic heterocycles. The van der Waals surface area contributed by atoms with E-state index in [2.05, 4.69) is 41.4 Å². The summed E-state index contributed by atoms with van der Waals surface area (Å²) in [6, 6.07) is 2.06. The van der Waals surface area contributed by atoms with Crippen LogP contribution in [0.5, 0.6) is 0 Å². The van der Waals surface area contributed by atoms with Gasteiger partial charge in [-0.15, -0.1) is 0 Å². The van der Waals surface area contributed by atoms with Gasteiger partial charge in [-0.3, -0.25) is 4.98 Å². The maximum atomic E-state index is 5.91. The second-order valence-corrected chi connectivity index (χ2v) is 5.33. The predicted molar refractivity (Wildman–Crippen MR) is 76.9 cm³/mol. The molecule has 0 bridgehead atoms. The molecule has 0 spiro atoms. The van der Waals surface area contributed by atoms with Gasteiger partial charge in [0, 0.05) is 43.3 Å². The van der Waals surface area contributed by atoms with Crippen LogP contribution < -0.4 is 5.73 Å². The molecule has 4 heteroatoms. The number of aromatic nitrogens is 3. The molecule has 0 aliphatic carbocycles. The lowest BCUT2D eigenvalue weighted by molar-refractivity contribution is 0.478. The fraction of sp³-hybridized carbons (Fsp3) is 0.467. The Bertz CT molecular complexity index is 530. The third-order valence-corrected chi connectivity index (χ3v) is 3.66. The smallest absolute Gasteiger partial charge is 0.0951 e. The van der Waals surface area contributed by atoms with Gasteiger partial charge in [0.15, 0.2) is 0 Å². The number of nitrogens with two attached hydrogens (primary N) is 1. The van der Waals surface area contributed by atoms with Crippen LogP contribution in [0.3, 0.4) is 0 Å². The minimum atomic E-state index is 0.352. The van der Waals surface area contributed by atoms with Crippen molar-refractivity contribution in [2.75, 3.05) is 6.54 Å². The van der Waals surface area contributed by atoms with Gasteiger partial charge in [-0.05, 0) is 30.0 Å². The summed E-state index contributed by atoms with van der Waals surface area (Å²) in [7, 11) is 0. The highest BCUT2D eigenvalue weighted by Gasteiger charge is 2.18. The predicted octanol–water partition coefficient (Wildman–Crippen LogP) is 2.33. The molecule has 2 aromatic heterocycles. The first-order valence-corrected chi connectivity index (χ1v) is 6.73. The Morgan fingerprint density at radius 2 is 2.05 bits per heavy atom. The first-order valence-electron chi connectivity index (χ1n) is 6.73. The average molecular weight is 258 g/mol. The molecule has 2 heterocycles. The first kappa shape index (κ1) is 13.7. The zero-order valence-corrected chi connectivity index (χ0v) is 11.9. The van der Waals surface area contributed by atoms with Crippen molar-refractivity contribution < 1.29 is 0 Å². The summed E-state index contributed by atoms with van der Waals surface area (Å²) in [6.07, 6.45) is 7.56. The summed E-state index contributed by atoms with van der Waals surface area (Å²) in [5.41, 5.74) is 9.60. The van der Waals surface area contributed by atoms with Gasteiger partial charge in [-0.2, -0.15) is 0 Å². The molecule has 0 saturated heterocycles. The molecule has 0 aliphatic rings. The Kier molecular flexibility index (Phi) is 4.32. The minimum absolute atomic E-state index is 0.352. The molecule has 0 radical (unpaired) electrons. The summed E-state index contributed by atoms with van der Waals surface area (Å²) in [4.78, 5) is 8.42. The fourth-order valence-electron chi connectivity index (χ4n) is 2.37. The van der Waals surface area contributed by atoms with E-state index in [1.165, 1.54) is 16.8 Å². The number of nitrogens with zero attached hydrogens (tertiary/aromatic N) is 3.